The Hall–Kier alpha value is -2.63. The number of carbonyl (C=O) groups is 1. The van der Waals surface area contributed by atoms with E-state index in [4.69, 9.17) is 0 Å². The third-order valence-electron chi connectivity index (χ3n) is 5.60. The van der Waals surface area contributed by atoms with Crippen molar-refractivity contribution >= 4 is 17.4 Å². The molecule has 2 saturated heterocycles. The summed E-state index contributed by atoms with van der Waals surface area (Å²) in [6, 6.07) is 10.6. The van der Waals surface area contributed by atoms with Gasteiger partial charge in [0.25, 0.3) is 0 Å². The minimum Gasteiger partial charge on any atom is -0.381 e. The fourth-order valence-electron chi connectivity index (χ4n) is 4.13. The molecule has 0 bridgehead atoms. The van der Waals surface area contributed by atoms with Gasteiger partial charge in [-0.05, 0) is 37.8 Å². The van der Waals surface area contributed by atoms with Crippen LogP contribution in [0.2, 0.25) is 0 Å². The molecule has 27 heavy (non-hydrogen) atoms. The van der Waals surface area contributed by atoms with Gasteiger partial charge in [0.15, 0.2) is 0 Å². The second-order valence-corrected chi connectivity index (χ2v) is 7.46. The molecule has 2 aliphatic rings. The number of aromatic nitrogens is 2. The summed E-state index contributed by atoms with van der Waals surface area (Å²) < 4.78 is 0. The molecule has 4 rings (SSSR count). The summed E-state index contributed by atoms with van der Waals surface area (Å²) in [6.45, 7) is 3.43. The lowest BCUT2D eigenvalue weighted by Crippen LogP contribution is -2.49. The first-order chi connectivity index (χ1) is 13.3. The molecule has 1 N–H and O–H groups in total. The SMILES string of the molecule is O=C(C1CCN(c2cnccn2)CC1)N1CCCC(Nc2ccccc2)C1. The smallest absolute Gasteiger partial charge is 0.225 e. The molecule has 6 nitrogen and oxygen atoms in total. The van der Waals surface area contributed by atoms with Crippen molar-refractivity contribution in [2.24, 2.45) is 5.92 Å². The lowest BCUT2D eigenvalue weighted by atomic mass is 9.93. The monoisotopic (exact) mass is 365 g/mol. The second-order valence-electron chi connectivity index (χ2n) is 7.46. The topological polar surface area (TPSA) is 61.4 Å². The van der Waals surface area contributed by atoms with Crippen LogP contribution in [0.15, 0.2) is 48.9 Å². The Balaban J connectivity index is 1.30. The maximum atomic E-state index is 13.0. The highest BCUT2D eigenvalue weighted by Gasteiger charge is 2.31. The summed E-state index contributed by atoms with van der Waals surface area (Å²) in [4.78, 5) is 25.9. The van der Waals surface area contributed by atoms with Crippen LogP contribution in [0.1, 0.15) is 25.7 Å². The molecule has 1 aromatic heterocycles. The highest BCUT2D eigenvalue weighted by molar-refractivity contribution is 5.79. The fraction of sp³-hybridized carbons (Fsp3) is 0.476. The van der Waals surface area contributed by atoms with Gasteiger partial charge in [-0.1, -0.05) is 18.2 Å². The summed E-state index contributed by atoms with van der Waals surface area (Å²) in [6.07, 6.45) is 9.17. The van der Waals surface area contributed by atoms with E-state index in [2.05, 4.69) is 37.2 Å². The van der Waals surface area contributed by atoms with Gasteiger partial charge in [0.1, 0.15) is 5.82 Å². The number of nitrogens with zero attached hydrogens (tertiary/aromatic N) is 4. The van der Waals surface area contributed by atoms with Crippen molar-refractivity contribution in [2.75, 3.05) is 36.4 Å². The molecule has 1 atom stereocenters. The molecule has 0 saturated carbocycles. The number of hydrogen-bond donors (Lipinski definition) is 1. The molecule has 2 aliphatic heterocycles. The van der Waals surface area contributed by atoms with Crippen LogP contribution in [0.4, 0.5) is 11.5 Å². The van der Waals surface area contributed by atoms with Gasteiger partial charge in [-0.3, -0.25) is 9.78 Å². The van der Waals surface area contributed by atoms with E-state index in [1.54, 1.807) is 18.6 Å². The van der Waals surface area contributed by atoms with Crippen molar-refractivity contribution in [3.63, 3.8) is 0 Å². The van der Waals surface area contributed by atoms with E-state index in [0.29, 0.717) is 11.9 Å². The van der Waals surface area contributed by atoms with Crippen LogP contribution in [0.3, 0.4) is 0 Å². The number of amides is 1. The van der Waals surface area contributed by atoms with Crippen molar-refractivity contribution in [1.29, 1.82) is 0 Å². The minimum atomic E-state index is 0.133. The Morgan fingerprint density at radius 2 is 1.85 bits per heavy atom. The number of carbonyl (C=O) groups excluding carboxylic acids is 1. The molecule has 0 spiro atoms. The minimum absolute atomic E-state index is 0.133. The molecular formula is C21H27N5O. The average Bonchev–Trinajstić information content (AvgIpc) is 2.75. The van der Waals surface area contributed by atoms with Crippen molar-refractivity contribution in [3.05, 3.63) is 48.9 Å². The van der Waals surface area contributed by atoms with Crippen molar-refractivity contribution in [3.8, 4) is 0 Å². The standard InChI is InChI=1S/C21H27N5O/c27-21(17-8-13-25(14-9-17)20-15-22-10-11-23-20)26-12-4-7-19(16-26)24-18-5-2-1-3-6-18/h1-3,5-6,10-11,15,17,19,24H,4,7-9,12-14,16H2. The Bertz CT molecular complexity index is 731. The summed E-state index contributed by atoms with van der Waals surface area (Å²) in [5.41, 5.74) is 1.13. The Kier molecular flexibility index (Phi) is 5.51. The predicted octanol–water partition coefficient (Wildman–Crippen LogP) is 2.80. The average molecular weight is 365 g/mol. The molecule has 3 heterocycles. The largest absolute Gasteiger partial charge is 0.381 e. The van der Waals surface area contributed by atoms with Crippen LogP contribution in [0.5, 0.6) is 0 Å². The van der Waals surface area contributed by atoms with Gasteiger partial charge in [-0.2, -0.15) is 0 Å². The Labute approximate surface area is 160 Å². The molecule has 142 valence electrons. The van der Waals surface area contributed by atoms with Crippen LogP contribution < -0.4 is 10.2 Å². The van der Waals surface area contributed by atoms with Crippen molar-refractivity contribution < 1.29 is 4.79 Å². The van der Waals surface area contributed by atoms with Gasteiger partial charge < -0.3 is 15.1 Å². The van der Waals surface area contributed by atoms with E-state index < -0.39 is 0 Å². The van der Waals surface area contributed by atoms with E-state index in [1.165, 1.54) is 0 Å². The van der Waals surface area contributed by atoms with Crippen LogP contribution in [-0.4, -0.2) is 53.0 Å². The summed E-state index contributed by atoms with van der Waals surface area (Å²) >= 11 is 0. The Morgan fingerprint density at radius 1 is 1.04 bits per heavy atom. The number of para-hydroxylation sites is 1. The zero-order chi connectivity index (χ0) is 18.5. The van der Waals surface area contributed by atoms with E-state index in [-0.39, 0.29) is 5.92 Å². The van der Waals surface area contributed by atoms with E-state index in [1.807, 2.05) is 18.2 Å². The van der Waals surface area contributed by atoms with Gasteiger partial charge in [-0.15, -0.1) is 0 Å². The van der Waals surface area contributed by atoms with Crippen molar-refractivity contribution in [2.45, 2.75) is 31.7 Å². The molecule has 6 heteroatoms. The number of anilines is 2. The van der Waals surface area contributed by atoms with Gasteiger partial charge in [0.2, 0.25) is 5.91 Å². The van der Waals surface area contributed by atoms with E-state index >= 15 is 0 Å². The normalized spacial score (nSPS) is 21.1. The maximum Gasteiger partial charge on any atom is 0.225 e. The number of nitrogens with one attached hydrogen (secondary N) is 1. The number of piperidine rings is 2. The van der Waals surface area contributed by atoms with Crippen LogP contribution in [-0.2, 0) is 4.79 Å². The van der Waals surface area contributed by atoms with Gasteiger partial charge in [-0.25, -0.2) is 4.98 Å². The van der Waals surface area contributed by atoms with Gasteiger partial charge >= 0.3 is 0 Å². The predicted molar refractivity (Wildman–Crippen MR) is 107 cm³/mol. The molecule has 1 aromatic carbocycles. The third-order valence-corrected chi connectivity index (χ3v) is 5.60. The molecule has 2 aromatic rings. The summed E-state index contributed by atoms with van der Waals surface area (Å²) in [7, 11) is 0. The number of benzene rings is 1. The van der Waals surface area contributed by atoms with Crippen molar-refractivity contribution in [1.82, 2.24) is 14.9 Å². The van der Waals surface area contributed by atoms with Gasteiger partial charge in [0.05, 0.1) is 6.20 Å². The molecular weight excluding hydrogens is 338 g/mol. The summed E-state index contributed by atoms with van der Waals surface area (Å²) in [5.74, 6) is 1.37. The lowest BCUT2D eigenvalue weighted by Gasteiger charge is -2.38. The zero-order valence-electron chi connectivity index (χ0n) is 15.6. The molecule has 1 amide bonds. The number of likely N-dealkylation sites (tertiary alicyclic amines) is 1. The fourth-order valence-corrected chi connectivity index (χ4v) is 4.13. The van der Waals surface area contributed by atoms with Gasteiger partial charge in [0, 0.05) is 56.2 Å². The first kappa shape index (κ1) is 17.8. The second kappa shape index (κ2) is 8.37. The lowest BCUT2D eigenvalue weighted by molar-refractivity contribution is -0.137. The first-order valence-corrected chi connectivity index (χ1v) is 9.91. The molecule has 0 radical (unpaired) electrons. The molecule has 2 fully saturated rings. The third kappa shape index (κ3) is 4.38. The number of rotatable bonds is 4. The highest BCUT2D eigenvalue weighted by atomic mass is 16.2. The summed E-state index contributed by atoms with van der Waals surface area (Å²) in [5, 5.41) is 3.58. The van der Waals surface area contributed by atoms with E-state index in [0.717, 1.165) is 63.4 Å². The zero-order valence-corrected chi connectivity index (χ0v) is 15.6. The maximum absolute atomic E-state index is 13.0. The van der Waals surface area contributed by atoms with Crippen LogP contribution in [0, 0.1) is 5.92 Å². The van der Waals surface area contributed by atoms with Crippen LogP contribution in [0.25, 0.3) is 0 Å². The Morgan fingerprint density at radius 3 is 2.59 bits per heavy atom. The highest BCUT2D eigenvalue weighted by Crippen LogP contribution is 2.25. The van der Waals surface area contributed by atoms with Crippen LogP contribution >= 0.6 is 0 Å². The quantitative estimate of drug-likeness (QED) is 0.903. The molecule has 1 unspecified atom stereocenters. The molecule has 0 aliphatic carbocycles. The number of hydrogen-bond acceptors (Lipinski definition) is 5. The first-order valence-electron chi connectivity index (χ1n) is 9.91. The van der Waals surface area contributed by atoms with E-state index in [9.17, 15) is 4.79 Å².